The molecule has 0 saturated carbocycles. The SMILES string of the molecule is CCCCCCCOc1ccc(/C=C/C23NC(=O)CN2c2ccccc2C3(C)C)cc1. The quantitative estimate of drug-likeness (QED) is 0.533. The Hall–Kier alpha value is -2.75. The molecule has 4 rings (SSSR count). The van der Waals surface area contributed by atoms with Crippen molar-refractivity contribution in [1.29, 1.82) is 0 Å². The van der Waals surface area contributed by atoms with Crippen LogP contribution in [0.25, 0.3) is 6.08 Å². The van der Waals surface area contributed by atoms with Gasteiger partial charge in [-0.3, -0.25) is 4.79 Å². The van der Waals surface area contributed by atoms with E-state index in [1.807, 2.05) is 18.2 Å². The smallest absolute Gasteiger partial charge is 0.241 e. The zero-order valence-electron chi connectivity index (χ0n) is 19.0. The third-order valence-corrected chi connectivity index (χ3v) is 6.79. The first-order valence-corrected chi connectivity index (χ1v) is 11.6. The zero-order chi connectivity index (χ0) is 21.9. The molecule has 2 aliphatic heterocycles. The molecule has 1 atom stereocenters. The predicted molar refractivity (Wildman–Crippen MR) is 127 cm³/mol. The lowest BCUT2D eigenvalue weighted by atomic mass is 9.75. The largest absolute Gasteiger partial charge is 0.494 e. The van der Waals surface area contributed by atoms with Crippen LogP contribution in [0.5, 0.6) is 5.75 Å². The van der Waals surface area contributed by atoms with Gasteiger partial charge < -0.3 is 15.0 Å². The van der Waals surface area contributed by atoms with Crippen LogP contribution < -0.4 is 15.0 Å². The Morgan fingerprint density at radius 1 is 1.03 bits per heavy atom. The third kappa shape index (κ3) is 3.96. The van der Waals surface area contributed by atoms with Crippen LogP contribution in [-0.2, 0) is 10.2 Å². The predicted octanol–water partition coefficient (Wildman–Crippen LogP) is 5.67. The zero-order valence-corrected chi connectivity index (χ0v) is 19.0. The summed E-state index contributed by atoms with van der Waals surface area (Å²) in [6, 6.07) is 16.6. The summed E-state index contributed by atoms with van der Waals surface area (Å²) in [4.78, 5) is 14.6. The van der Waals surface area contributed by atoms with Gasteiger partial charge in [0.1, 0.15) is 11.4 Å². The topological polar surface area (TPSA) is 41.6 Å². The molecular weight excluding hydrogens is 384 g/mol. The van der Waals surface area contributed by atoms with Gasteiger partial charge >= 0.3 is 0 Å². The van der Waals surface area contributed by atoms with Gasteiger partial charge in [-0.15, -0.1) is 0 Å². The Balaban J connectivity index is 1.46. The number of unbranched alkanes of at least 4 members (excludes halogenated alkanes) is 4. The molecule has 4 nitrogen and oxygen atoms in total. The Kier molecular flexibility index (Phi) is 6.08. The van der Waals surface area contributed by atoms with E-state index in [0.29, 0.717) is 6.54 Å². The van der Waals surface area contributed by atoms with Crippen molar-refractivity contribution in [3.8, 4) is 5.75 Å². The molecule has 1 N–H and O–H groups in total. The average molecular weight is 419 g/mol. The minimum atomic E-state index is -0.554. The van der Waals surface area contributed by atoms with E-state index in [-0.39, 0.29) is 11.3 Å². The minimum absolute atomic E-state index is 0.0647. The second-order valence-corrected chi connectivity index (χ2v) is 9.21. The number of nitrogens with one attached hydrogen (secondary N) is 1. The molecule has 0 spiro atoms. The molecule has 164 valence electrons. The molecule has 1 saturated heterocycles. The molecule has 31 heavy (non-hydrogen) atoms. The van der Waals surface area contributed by atoms with E-state index in [1.54, 1.807) is 0 Å². The Bertz CT molecular complexity index is 948. The van der Waals surface area contributed by atoms with Crippen molar-refractivity contribution < 1.29 is 9.53 Å². The van der Waals surface area contributed by atoms with Crippen LogP contribution in [0, 0.1) is 0 Å². The van der Waals surface area contributed by atoms with Crippen molar-refractivity contribution in [1.82, 2.24) is 5.32 Å². The Morgan fingerprint density at radius 3 is 2.55 bits per heavy atom. The maximum Gasteiger partial charge on any atom is 0.241 e. The maximum atomic E-state index is 12.4. The second-order valence-electron chi connectivity index (χ2n) is 9.21. The summed E-state index contributed by atoms with van der Waals surface area (Å²) in [5.74, 6) is 0.977. The number of carbonyl (C=O) groups excluding carboxylic acids is 1. The van der Waals surface area contributed by atoms with Crippen LogP contribution in [0.15, 0.2) is 54.6 Å². The van der Waals surface area contributed by atoms with Crippen molar-refractivity contribution in [2.24, 2.45) is 0 Å². The highest BCUT2D eigenvalue weighted by Gasteiger charge is 2.59. The average Bonchev–Trinajstić information content (AvgIpc) is 3.20. The number of amides is 1. The van der Waals surface area contributed by atoms with Crippen LogP contribution in [0.4, 0.5) is 5.69 Å². The van der Waals surface area contributed by atoms with Gasteiger partial charge in [-0.05, 0) is 41.8 Å². The lowest BCUT2D eigenvalue weighted by Crippen LogP contribution is -2.58. The first-order chi connectivity index (χ1) is 15.0. The van der Waals surface area contributed by atoms with Gasteiger partial charge in [-0.1, -0.05) is 82.9 Å². The van der Waals surface area contributed by atoms with Crippen molar-refractivity contribution in [3.05, 3.63) is 65.7 Å². The molecule has 1 unspecified atom stereocenters. The number of hydrogen-bond acceptors (Lipinski definition) is 3. The molecule has 2 heterocycles. The molecule has 0 radical (unpaired) electrons. The van der Waals surface area contributed by atoms with Crippen molar-refractivity contribution >= 4 is 17.7 Å². The Labute approximate surface area is 186 Å². The first-order valence-electron chi connectivity index (χ1n) is 11.6. The number of nitrogens with zero attached hydrogens (tertiary/aromatic N) is 1. The van der Waals surface area contributed by atoms with Gasteiger partial charge in [-0.2, -0.15) is 0 Å². The van der Waals surface area contributed by atoms with Crippen LogP contribution in [0.2, 0.25) is 0 Å². The Morgan fingerprint density at radius 2 is 1.77 bits per heavy atom. The lowest BCUT2D eigenvalue weighted by Gasteiger charge is -2.40. The minimum Gasteiger partial charge on any atom is -0.494 e. The van der Waals surface area contributed by atoms with Crippen molar-refractivity contribution in [3.63, 3.8) is 0 Å². The maximum absolute atomic E-state index is 12.4. The van der Waals surface area contributed by atoms with E-state index in [1.165, 1.54) is 31.2 Å². The van der Waals surface area contributed by atoms with E-state index in [4.69, 9.17) is 4.74 Å². The van der Waals surface area contributed by atoms with E-state index in [2.05, 4.69) is 73.5 Å². The monoisotopic (exact) mass is 418 g/mol. The number of benzene rings is 2. The molecule has 1 amide bonds. The standard InChI is InChI=1S/C27H34N2O2/c1-4-5-6-7-10-19-31-22-15-13-21(14-16-22)17-18-27-26(2,3)23-11-8-9-12-24(23)29(27)20-25(30)28-27/h8-9,11-18H,4-7,10,19-20H2,1-3H3,(H,28,30)/b18-17+. The van der Waals surface area contributed by atoms with E-state index in [0.717, 1.165) is 30.0 Å². The summed E-state index contributed by atoms with van der Waals surface area (Å²) in [5.41, 5.74) is 2.70. The normalized spacial score (nSPS) is 21.3. The fraction of sp³-hybridized carbons (Fsp3) is 0.444. The number of ether oxygens (including phenoxy) is 1. The number of anilines is 1. The van der Waals surface area contributed by atoms with Crippen molar-refractivity contribution in [2.45, 2.75) is 64.0 Å². The second kappa shape index (κ2) is 8.78. The van der Waals surface area contributed by atoms with Gasteiger partial charge in [0, 0.05) is 11.1 Å². The van der Waals surface area contributed by atoms with Crippen LogP contribution >= 0.6 is 0 Å². The summed E-state index contributed by atoms with van der Waals surface area (Å²) in [5, 5.41) is 3.27. The highest BCUT2D eigenvalue weighted by molar-refractivity contribution is 5.91. The van der Waals surface area contributed by atoms with Gasteiger partial charge in [0.2, 0.25) is 5.91 Å². The van der Waals surface area contributed by atoms with Gasteiger partial charge in [0.05, 0.1) is 13.2 Å². The van der Waals surface area contributed by atoms with E-state index < -0.39 is 5.66 Å². The summed E-state index contributed by atoms with van der Waals surface area (Å²) in [6.07, 6.45) is 10.5. The molecule has 0 bridgehead atoms. The van der Waals surface area contributed by atoms with Gasteiger partial charge in [-0.25, -0.2) is 0 Å². The highest BCUT2D eigenvalue weighted by Crippen LogP contribution is 2.52. The van der Waals surface area contributed by atoms with Gasteiger partial charge in [0.15, 0.2) is 0 Å². The van der Waals surface area contributed by atoms with E-state index >= 15 is 0 Å². The molecule has 0 aromatic heterocycles. The van der Waals surface area contributed by atoms with E-state index in [9.17, 15) is 4.79 Å². The molecule has 4 heteroatoms. The van der Waals surface area contributed by atoms with Crippen LogP contribution in [0.3, 0.4) is 0 Å². The van der Waals surface area contributed by atoms with Gasteiger partial charge in [0.25, 0.3) is 0 Å². The number of carbonyl (C=O) groups is 1. The molecular formula is C27H34N2O2. The van der Waals surface area contributed by atoms with Crippen LogP contribution in [-0.4, -0.2) is 24.7 Å². The number of fused-ring (bicyclic) bond motifs is 3. The third-order valence-electron chi connectivity index (χ3n) is 6.79. The number of hydrogen-bond donors (Lipinski definition) is 1. The molecule has 2 aromatic carbocycles. The van der Waals surface area contributed by atoms with Crippen LogP contribution in [0.1, 0.15) is 64.0 Å². The fourth-order valence-corrected chi connectivity index (χ4v) is 4.93. The summed E-state index contributed by atoms with van der Waals surface area (Å²) < 4.78 is 5.89. The molecule has 2 aliphatic rings. The van der Waals surface area contributed by atoms with Crippen molar-refractivity contribution in [2.75, 3.05) is 18.1 Å². The summed E-state index contributed by atoms with van der Waals surface area (Å²) in [7, 11) is 0. The summed E-state index contributed by atoms with van der Waals surface area (Å²) >= 11 is 0. The summed E-state index contributed by atoms with van der Waals surface area (Å²) in [6.45, 7) is 7.81. The number of para-hydroxylation sites is 1. The first kappa shape index (κ1) is 21.5. The molecule has 1 fully saturated rings. The highest BCUT2D eigenvalue weighted by atomic mass is 16.5. The fourth-order valence-electron chi connectivity index (χ4n) is 4.93. The molecule has 0 aliphatic carbocycles. The number of rotatable bonds is 9. The molecule has 2 aromatic rings. The lowest BCUT2D eigenvalue weighted by molar-refractivity contribution is -0.118.